The number of furan rings is 4. The molecule has 706 valence electrons. The van der Waals surface area contributed by atoms with Crippen molar-refractivity contribution < 1.29 is 120 Å². The van der Waals surface area contributed by atoms with Gasteiger partial charge in [0.1, 0.15) is 16.7 Å². The molecule has 4 radical (unpaired) electrons. The van der Waals surface area contributed by atoms with Crippen molar-refractivity contribution in [2.24, 2.45) is 5.92 Å². The van der Waals surface area contributed by atoms with Crippen LogP contribution in [-0.4, -0.2) is 44.9 Å². The molecule has 0 fully saturated rings. The predicted octanol–water partition coefficient (Wildman–Crippen LogP) is 31.3. The second-order valence-electron chi connectivity index (χ2n) is 32.2. The Hall–Kier alpha value is -14.4. The Kier molecular flexibility index (Phi) is 29.6. The van der Waals surface area contributed by atoms with Gasteiger partial charge in [-0.05, 0) is 195 Å². The Bertz CT molecular complexity index is 8630. The molecule has 0 spiro atoms. The van der Waals surface area contributed by atoms with Crippen molar-refractivity contribution in [3.63, 3.8) is 0 Å². The Morgan fingerprint density at radius 2 is 0.596 bits per heavy atom. The number of hydrogen-bond acceptors (Lipinski definition) is 13. The maximum atomic E-state index is 7.50. The first-order chi connectivity index (χ1) is 73.6. The number of aromatic nitrogens is 9. The molecule has 11 aromatic carbocycles. The first-order valence-electron chi connectivity index (χ1n) is 52.3. The van der Waals surface area contributed by atoms with Crippen LogP contribution in [0.25, 0.3) is 178 Å². The first kappa shape index (κ1) is 83.5. The number of nitrogens with zero attached hydrogens (tertiary/aromatic N) is 9. The maximum absolute atomic E-state index is 7.50. The fraction of sp³-hybridized carbons (Fsp3) is 0.105. The van der Waals surface area contributed by atoms with E-state index in [4.69, 9.17) is 39.6 Å². The monoisotopic (exact) mass is 2560 g/mol. The summed E-state index contributed by atoms with van der Waals surface area (Å²) in [5, 5.41) is 8.45. The first-order valence-corrected chi connectivity index (χ1v) is 44.0. The fourth-order valence-corrected chi connectivity index (χ4v) is 15.2. The van der Waals surface area contributed by atoms with Crippen LogP contribution in [0.5, 0.6) is 0 Å². The van der Waals surface area contributed by atoms with Gasteiger partial charge in [0.25, 0.3) is 0 Å². The minimum Gasteiger partial charge on any atom is -0.501 e. The van der Waals surface area contributed by atoms with Crippen LogP contribution >= 0.6 is 0 Å². The summed E-state index contributed by atoms with van der Waals surface area (Å²) in [4.78, 5) is 38.6. The zero-order valence-electron chi connectivity index (χ0n) is 92.6. The molecular weight excluding hydrogens is 2450 g/mol. The maximum Gasteiger partial charge on any atom is 0.216 e. The van der Waals surface area contributed by atoms with Crippen molar-refractivity contribution in [1.82, 2.24) is 44.9 Å². The summed E-state index contributed by atoms with van der Waals surface area (Å²) in [6.07, 6.45) is 13.3. The van der Waals surface area contributed by atoms with Gasteiger partial charge in [-0.25, -0.2) is 4.98 Å². The molecule has 0 atom stereocenters. The Morgan fingerprint density at radius 3 is 0.950 bits per heavy atom. The summed E-state index contributed by atoms with van der Waals surface area (Å²) in [7, 11) is 0. The molecule has 0 saturated carbocycles. The van der Waals surface area contributed by atoms with Gasteiger partial charge in [-0.2, -0.15) is 0 Å². The molecule has 13 heterocycles. The molecular formula is C124H97Ir4N9O4-8. The molecule has 141 heavy (non-hydrogen) atoms. The Morgan fingerprint density at radius 1 is 0.262 bits per heavy atom. The van der Waals surface area contributed by atoms with Gasteiger partial charge in [0, 0.05) is 179 Å². The molecule has 0 aliphatic rings. The summed E-state index contributed by atoms with van der Waals surface area (Å²) in [6.45, 7) is 0.0252. The molecule has 0 unspecified atom stereocenters. The van der Waals surface area contributed by atoms with Crippen LogP contribution in [-0.2, 0) is 86.8 Å². The third kappa shape index (κ3) is 26.2. The van der Waals surface area contributed by atoms with Crippen molar-refractivity contribution in [3.8, 4) is 90.1 Å². The SMILES string of the molecule is Cc1ccnc(-c2[c-]ccc3c2oc2ccccc23)c1.Cc1ccnc(-c2[c-]ccc3c2oc2nc(C)ccc23)c1.[2H]C([2H])([2H])c1ccc(-c2[c-]ccc3c2oc2c(CC(C)C)cccc23)nc1.[2H]C([2H])([2H])c1ccc(-c2[c-]ccc3c2oc2ccccc23)nc1.[2H]C([2H])([2H])c1ccc(-c2[c-]cccc2)nc1.[2H]C([2H])([2H])c1ccc(-c2[c-]cccc2)nc1.[2H]C([2H])c1ccc(-c2[c-]cccc2)nc1.[2H]C([2H])c1ccc(-c2[c-]cccc2)nc1.[Ir].[Ir].[Ir].[Ir]. The molecule has 0 amide bonds. The van der Waals surface area contributed by atoms with E-state index >= 15 is 0 Å². The topological polar surface area (TPSA) is 169 Å². The van der Waals surface area contributed by atoms with Crippen LogP contribution in [0.3, 0.4) is 0 Å². The van der Waals surface area contributed by atoms with Crippen molar-refractivity contribution in [1.29, 1.82) is 0 Å². The standard InChI is InChI=1S/C22H20NO.C18H13N2O.2C18H12NO.4C12H10N.4Ir/c1-14(2)12-16-6-4-7-17-18-8-5-9-19(22(18)24-21(16)17)20-11-10-15(3)13-23-20;1-11-8-9-19-16(10-11)15-5-3-4-13-14-7-6-12(2)20-18(14)21-17(13)15;1-12-9-10-19-16(11-12)15-7-4-6-14-13-5-2-3-8-17(13)20-18(14)15;1-12-9-10-16(19-11-12)15-7-4-6-14-13-5-2-3-8-17(13)20-18(14)15;4*1-10-7-8-12(13-9-10)11-5-3-2-4-6-11;;;;/h4-8,10-11,13-14H,12H2,1-3H3;3-4,6-10H,1-2H3;2*2-6,8-11H,1H3;4*2-5,7-9H,1H3;;;;/q8*-1;;;;/i3D3;;;3*1D3;2*1D2;;;;. The van der Waals surface area contributed by atoms with Crippen molar-refractivity contribution >= 4 is 87.9 Å². The van der Waals surface area contributed by atoms with Gasteiger partial charge in [-0.15, -0.1) is 216 Å². The van der Waals surface area contributed by atoms with Gasteiger partial charge in [0.15, 0.2) is 0 Å². The second-order valence-corrected chi connectivity index (χ2v) is 32.2. The van der Waals surface area contributed by atoms with Gasteiger partial charge < -0.3 is 57.5 Å². The van der Waals surface area contributed by atoms with E-state index in [1.54, 1.807) is 85.2 Å². The van der Waals surface area contributed by atoms with E-state index in [9.17, 15) is 0 Å². The second kappa shape index (κ2) is 49.9. The van der Waals surface area contributed by atoms with Gasteiger partial charge >= 0.3 is 0 Å². The van der Waals surface area contributed by atoms with E-state index in [0.717, 1.165) is 173 Å². The normalized spacial score (nSPS) is 12.6. The molecule has 0 N–H and O–H groups in total. The third-order valence-electron chi connectivity index (χ3n) is 21.7. The van der Waals surface area contributed by atoms with Crippen LogP contribution in [0.4, 0.5) is 0 Å². The molecule has 24 aromatic rings. The smallest absolute Gasteiger partial charge is 0.216 e. The van der Waals surface area contributed by atoms with E-state index in [1.807, 2.05) is 232 Å². The molecule has 24 rings (SSSR count). The summed E-state index contributed by atoms with van der Waals surface area (Å²) in [6, 6.07) is 125. The van der Waals surface area contributed by atoms with E-state index in [0.29, 0.717) is 39.7 Å². The molecule has 13 nitrogen and oxygen atoms in total. The zero-order chi connectivity index (χ0) is 108. The van der Waals surface area contributed by atoms with Gasteiger partial charge in [-0.3, -0.25) is 0 Å². The zero-order valence-corrected chi connectivity index (χ0v) is 86.2. The van der Waals surface area contributed by atoms with Crippen LogP contribution < -0.4 is 0 Å². The summed E-state index contributed by atoms with van der Waals surface area (Å²) in [5.74, 6) is 0.531. The average molecular weight is 2560 g/mol. The van der Waals surface area contributed by atoms with Gasteiger partial charge in [-0.1, -0.05) is 208 Å². The largest absolute Gasteiger partial charge is 0.501 e. The third-order valence-corrected chi connectivity index (χ3v) is 21.7. The van der Waals surface area contributed by atoms with E-state index in [-0.39, 0.29) is 103 Å². The predicted molar refractivity (Wildman–Crippen MR) is 556 cm³/mol. The summed E-state index contributed by atoms with van der Waals surface area (Å²) in [5.41, 5.74) is 26.0. The molecule has 0 bridgehead atoms. The van der Waals surface area contributed by atoms with Gasteiger partial charge in [0.05, 0.1) is 22.3 Å². The van der Waals surface area contributed by atoms with E-state index in [2.05, 4.69) is 157 Å². The summed E-state index contributed by atoms with van der Waals surface area (Å²) >= 11 is 0. The summed E-state index contributed by atoms with van der Waals surface area (Å²) < 4.78 is 141. The van der Waals surface area contributed by atoms with Crippen molar-refractivity contribution in [2.75, 3.05) is 0 Å². The number of fused-ring (bicyclic) bond motifs is 12. The molecule has 0 aliphatic heterocycles. The molecule has 0 aliphatic carbocycles. The molecule has 0 saturated heterocycles. The van der Waals surface area contributed by atoms with E-state index in [1.165, 1.54) is 35.9 Å². The van der Waals surface area contributed by atoms with Crippen LogP contribution in [0.2, 0.25) is 0 Å². The molecule has 13 aromatic heterocycles. The van der Waals surface area contributed by atoms with Crippen molar-refractivity contribution in [2.45, 2.75) is 82.2 Å². The minimum atomic E-state index is -2.16. The van der Waals surface area contributed by atoms with E-state index < -0.39 is 41.2 Å². The number of aryl methyl sites for hydroxylation is 9. The minimum absolute atomic E-state index is 0. The Balaban J connectivity index is 0.000000149. The van der Waals surface area contributed by atoms with Gasteiger partial charge in [0.2, 0.25) is 5.71 Å². The van der Waals surface area contributed by atoms with Crippen LogP contribution in [0, 0.1) is 116 Å². The number of pyridine rings is 9. The number of benzene rings is 11. The number of hydrogen-bond donors (Lipinski definition) is 0. The average Bonchev–Trinajstić information content (AvgIpc) is 1.61. The fourth-order valence-electron chi connectivity index (χ4n) is 15.2. The molecule has 17 heteroatoms. The van der Waals surface area contributed by atoms with Crippen LogP contribution in [0.1, 0.15) is 91.5 Å². The number of para-hydroxylation sites is 3. The van der Waals surface area contributed by atoms with Crippen molar-refractivity contribution in [3.05, 3.63) is 475 Å². The van der Waals surface area contributed by atoms with Crippen LogP contribution in [0.15, 0.2) is 389 Å². The number of rotatable bonds is 10. The quantitative estimate of drug-likeness (QED) is 0.119. The Labute approximate surface area is 899 Å².